The van der Waals surface area contributed by atoms with Crippen molar-refractivity contribution in [1.29, 1.82) is 0 Å². The summed E-state index contributed by atoms with van der Waals surface area (Å²) in [5.74, 6) is 1.42. The first kappa shape index (κ1) is 16.2. The summed E-state index contributed by atoms with van der Waals surface area (Å²) in [6, 6.07) is 5.56. The van der Waals surface area contributed by atoms with Crippen molar-refractivity contribution in [2.24, 2.45) is 0 Å². The highest BCUT2D eigenvalue weighted by Crippen LogP contribution is 2.39. The zero-order valence-corrected chi connectivity index (χ0v) is 14.4. The molecular formula is C18H23N3O4. The van der Waals surface area contributed by atoms with E-state index in [1.165, 1.54) is 4.90 Å². The van der Waals surface area contributed by atoms with E-state index in [1.54, 1.807) is 0 Å². The predicted molar refractivity (Wildman–Crippen MR) is 90.7 cm³/mol. The van der Waals surface area contributed by atoms with Gasteiger partial charge in [0.25, 0.3) is 0 Å². The Morgan fingerprint density at radius 1 is 1.24 bits per heavy atom. The minimum absolute atomic E-state index is 0.126. The molecule has 7 nitrogen and oxygen atoms in total. The number of hydrogen-bond acceptors (Lipinski definition) is 5. The van der Waals surface area contributed by atoms with Gasteiger partial charge < -0.3 is 14.8 Å². The lowest BCUT2D eigenvalue weighted by molar-refractivity contribution is -0.133. The topological polar surface area (TPSA) is 71.1 Å². The largest absolute Gasteiger partial charge is 0.486 e. The van der Waals surface area contributed by atoms with Crippen LogP contribution in [-0.4, -0.2) is 60.6 Å². The van der Waals surface area contributed by atoms with E-state index in [2.05, 4.69) is 16.3 Å². The Labute approximate surface area is 146 Å². The molecule has 3 heterocycles. The molecule has 7 heteroatoms. The molecule has 3 amide bonds. The maximum Gasteiger partial charge on any atom is 0.324 e. The molecule has 2 atom stereocenters. The molecule has 0 saturated carbocycles. The van der Waals surface area contributed by atoms with Crippen LogP contribution < -0.4 is 14.8 Å². The fourth-order valence-electron chi connectivity index (χ4n) is 3.93. The van der Waals surface area contributed by atoms with Crippen molar-refractivity contribution in [3.63, 3.8) is 0 Å². The molecule has 0 radical (unpaired) electrons. The van der Waals surface area contributed by atoms with Gasteiger partial charge in [-0.2, -0.15) is 0 Å². The molecule has 1 N–H and O–H groups in total. The number of carbonyl (C=O) groups excluding carboxylic acids is 2. The van der Waals surface area contributed by atoms with Crippen LogP contribution in [0.15, 0.2) is 18.2 Å². The predicted octanol–water partition coefficient (Wildman–Crippen LogP) is 1.53. The van der Waals surface area contributed by atoms with Crippen LogP contribution >= 0.6 is 0 Å². The summed E-state index contributed by atoms with van der Waals surface area (Å²) in [5.41, 5.74) is 1.13. The minimum Gasteiger partial charge on any atom is -0.486 e. The quantitative estimate of drug-likeness (QED) is 0.900. The van der Waals surface area contributed by atoms with Crippen molar-refractivity contribution < 1.29 is 19.1 Å². The van der Waals surface area contributed by atoms with Gasteiger partial charge in [0, 0.05) is 19.1 Å². The van der Waals surface area contributed by atoms with E-state index in [0.29, 0.717) is 26.3 Å². The fraction of sp³-hybridized carbons (Fsp3) is 0.556. The van der Waals surface area contributed by atoms with Crippen LogP contribution in [0, 0.1) is 0 Å². The Kier molecular flexibility index (Phi) is 4.25. The molecule has 0 unspecified atom stereocenters. The minimum atomic E-state index is -0.329. The second kappa shape index (κ2) is 6.55. The average Bonchev–Trinajstić information content (AvgIpc) is 3.29. The van der Waals surface area contributed by atoms with Gasteiger partial charge >= 0.3 is 6.03 Å². The summed E-state index contributed by atoms with van der Waals surface area (Å²) >= 11 is 0. The number of hydrogen-bond donors (Lipinski definition) is 1. The molecule has 3 aliphatic heterocycles. The third-order valence-electron chi connectivity index (χ3n) is 5.22. The molecule has 1 aromatic rings. The lowest BCUT2D eigenvalue weighted by Crippen LogP contribution is -2.47. The molecule has 2 fully saturated rings. The maximum atomic E-state index is 12.7. The van der Waals surface area contributed by atoms with Gasteiger partial charge in [-0.05, 0) is 44.0 Å². The first-order chi connectivity index (χ1) is 12.1. The van der Waals surface area contributed by atoms with Crippen molar-refractivity contribution in [2.45, 2.75) is 31.8 Å². The monoisotopic (exact) mass is 345 g/mol. The van der Waals surface area contributed by atoms with E-state index < -0.39 is 0 Å². The Bertz CT molecular complexity index is 693. The Balaban J connectivity index is 1.54. The van der Waals surface area contributed by atoms with Gasteiger partial charge in [0.2, 0.25) is 5.91 Å². The van der Waals surface area contributed by atoms with E-state index in [4.69, 9.17) is 9.47 Å². The number of amides is 3. The number of urea groups is 1. The molecule has 25 heavy (non-hydrogen) atoms. The fourth-order valence-corrected chi connectivity index (χ4v) is 3.93. The third kappa shape index (κ3) is 2.93. The Hall–Kier alpha value is -2.28. The van der Waals surface area contributed by atoms with Crippen molar-refractivity contribution in [1.82, 2.24) is 15.1 Å². The van der Waals surface area contributed by atoms with Crippen LogP contribution in [0.1, 0.15) is 31.4 Å². The van der Waals surface area contributed by atoms with Crippen molar-refractivity contribution in [3.05, 3.63) is 23.8 Å². The first-order valence-electron chi connectivity index (χ1n) is 8.89. The van der Waals surface area contributed by atoms with E-state index >= 15 is 0 Å². The second-order valence-electron chi connectivity index (χ2n) is 6.70. The van der Waals surface area contributed by atoms with Gasteiger partial charge in [0.05, 0.1) is 6.04 Å². The molecule has 0 spiro atoms. The summed E-state index contributed by atoms with van der Waals surface area (Å²) in [6.07, 6.45) is 2.02. The normalized spacial score (nSPS) is 24.3. The highest BCUT2D eigenvalue weighted by molar-refractivity contribution is 5.98. The van der Waals surface area contributed by atoms with Crippen LogP contribution in [0.3, 0.4) is 0 Å². The number of nitrogens with one attached hydrogen (secondary N) is 1. The summed E-state index contributed by atoms with van der Waals surface area (Å²) in [6.45, 7) is 4.86. The van der Waals surface area contributed by atoms with Gasteiger partial charge in [-0.25, -0.2) is 4.79 Å². The van der Waals surface area contributed by atoms with Crippen molar-refractivity contribution in [2.75, 3.05) is 32.8 Å². The molecule has 1 aromatic carbocycles. The molecule has 0 aliphatic carbocycles. The molecular weight excluding hydrogens is 322 g/mol. The third-order valence-corrected chi connectivity index (χ3v) is 5.22. The van der Waals surface area contributed by atoms with Crippen LogP contribution in [0.2, 0.25) is 0 Å². The summed E-state index contributed by atoms with van der Waals surface area (Å²) in [5, 5.41) is 2.69. The second-order valence-corrected chi connectivity index (χ2v) is 6.70. The highest BCUT2D eigenvalue weighted by Gasteiger charge is 2.38. The number of fused-ring (bicyclic) bond motifs is 1. The van der Waals surface area contributed by atoms with E-state index in [1.807, 2.05) is 19.1 Å². The standard InChI is InChI=1S/C18H23N3O4/c1-12(17(22)21-8-6-19-18(21)23)20-7-2-3-14(20)13-4-5-15-16(11-13)25-10-9-24-15/h4-5,11-12,14H,2-3,6-10H2,1H3,(H,19,23)/t12-,14+/m0/s1. The maximum absolute atomic E-state index is 12.7. The molecule has 3 aliphatic rings. The van der Waals surface area contributed by atoms with Crippen molar-refractivity contribution >= 4 is 11.9 Å². The summed E-state index contributed by atoms with van der Waals surface area (Å²) in [7, 11) is 0. The van der Waals surface area contributed by atoms with E-state index in [0.717, 1.165) is 36.4 Å². The smallest absolute Gasteiger partial charge is 0.324 e. The number of carbonyl (C=O) groups is 2. The van der Waals surface area contributed by atoms with Crippen LogP contribution in [-0.2, 0) is 4.79 Å². The molecule has 0 bridgehead atoms. The van der Waals surface area contributed by atoms with Gasteiger partial charge in [-0.15, -0.1) is 0 Å². The van der Waals surface area contributed by atoms with Crippen molar-refractivity contribution in [3.8, 4) is 11.5 Å². The van der Waals surface area contributed by atoms with Crippen LogP contribution in [0.5, 0.6) is 11.5 Å². The summed E-state index contributed by atoms with van der Waals surface area (Å²) < 4.78 is 11.3. The van der Waals surface area contributed by atoms with Gasteiger partial charge in [0.15, 0.2) is 11.5 Å². The highest BCUT2D eigenvalue weighted by atomic mass is 16.6. The van der Waals surface area contributed by atoms with Gasteiger partial charge in [-0.1, -0.05) is 6.07 Å². The van der Waals surface area contributed by atoms with E-state index in [9.17, 15) is 9.59 Å². The Morgan fingerprint density at radius 2 is 2.04 bits per heavy atom. The zero-order chi connectivity index (χ0) is 17.4. The number of ether oxygens (including phenoxy) is 2. The molecule has 134 valence electrons. The number of imide groups is 1. The SMILES string of the molecule is C[C@@H](C(=O)N1CCNC1=O)N1CCC[C@@H]1c1ccc2c(c1)OCCO2. The van der Waals surface area contributed by atoms with Gasteiger partial charge in [-0.3, -0.25) is 14.6 Å². The lowest BCUT2D eigenvalue weighted by atomic mass is 10.0. The molecule has 0 aromatic heterocycles. The molecule has 4 rings (SSSR count). The Morgan fingerprint density at radius 3 is 2.80 bits per heavy atom. The van der Waals surface area contributed by atoms with Crippen LogP contribution in [0.25, 0.3) is 0 Å². The number of nitrogens with zero attached hydrogens (tertiary/aromatic N) is 2. The van der Waals surface area contributed by atoms with Crippen LogP contribution in [0.4, 0.5) is 4.79 Å². The number of likely N-dealkylation sites (tertiary alicyclic amines) is 1. The number of rotatable bonds is 3. The van der Waals surface area contributed by atoms with E-state index in [-0.39, 0.29) is 24.0 Å². The molecule has 2 saturated heterocycles. The van der Waals surface area contributed by atoms with Gasteiger partial charge in [0.1, 0.15) is 13.2 Å². The zero-order valence-electron chi connectivity index (χ0n) is 14.4. The summed E-state index contributed by atoms with van der Waals surface area (Å²) in [4.78, 5) is 28.0. The average molecular weight is 345 g/mol. The first-order valence-corrected chi connectivity index (χ1v) is 8.89. The lowest BCUT2D eigenvalue weighted by Gasteiger charge is -2.32. The number of benzene rings is 1.